The number of benzene rings is 3. The molecule has 28 heavy (non-hydrogen) atoms. The van der Waals surface area contributed by atoms with Crippen LogP contribution < -0.4 is 10.1 Å². The summed E-state index contributed by atoms with van der Waals surface area (Å²) in [5.74, 6) is 0.570. The highest BCUT2D eigenvalue weighted by Crippen LogP contribution is 2.27. The highest BCUT2D eigenvalue weighted by molar-refractivity contribution is 7.14. The molecule has 4 rings (SSSR count). The molecule has 5 heteroatoms. The van der Waals surface area contributed by atoms with E-state index in [0.717, 1.165) is 22.6 Å². The molecule has 3 aromatic carbocycles. The van der Waals surface area contributed by atoms with Crippen molar-refractivity contribution in [3.63, 3.8) is 0 Å². The van der Waals surface area contributed by atoms with Gasteiger partial charge in [0, 0.05) is 17.0 Å². The van der Waals surface area contributed by atoms with Gasteiger partial charge in [-0.25, -0.2) is 4.98 Å². The van der Waals surface area contributed by atoms with Crippen molar-refractivity contribution in [2.45, 2.75) is 0 Å². The number of carbonyl (C=O) groups excluding carboxylic acids is 1. The Morgan fingerprint density at radius 3 is 2.61 bits per heavy atom. The molecular formula is C23H18N2O2S. The zero-order valence-corrected chi connectivity index (χ0v) is 16.1. The number of aromatic nitrogens is 1. The molecule has 1 N–H and O–H groups in total. The molecule has 0 unspecified atom stereocenters. The van der Waals surface area contributed by atoms with Crippen LogP contribution in [0.3, 0.4) is 0 Å². The van der Waals surface area contributed by atoms with Gasteiger partial charge in [-0.3, -0.25) is 10.1 Å². The van der Waals surface area contributed by atoms with E-state index in [1.807, 2.05) is 47.8 Å². The quantitative estimate of drug-likeness (QED) is 0.453. The van der Waals surface area contributed by atoms with Gasteiger partial charge in [0.15, 0.2) is 5.13 Å². The van der Waals surface area contributed by atoms with Gasteiger partial charge >= 0.3 is 0 Å². The van der Waals surface area contributed by atoms with Crippen molar-refractivity contribution >= 4 is 39.2 Å². The summed E-state index contributed by atoms with van der Waals surface area (Å²) in [6.07, 6.45) is 3.26. The zero-order valence-electron chi connectivity index (χ0n) is 15.3. The lowest BCUT2D eigenvalue weighted by Gasteiger charge is -2.01. The van der Waals surface area contributed by atoms with Crippen molar-refractivity contribution in [2.24, 2.45) is 0 Å². The Labute approximate surface area is 167 Å². The Bertz CT molecular complexity index is 1150. The molecule has 0 aliphatic heterocycles. The number of rotatable bonds is 5. The van der Waals surface area contributed by atoms with E-state index in [1.165, 1.54) is 28.2 Å². The van der Waals surface area contributed by atoms with E-state index in [0.29, 0.717) is 5.13 Å². The molecule has 0 spiro atoms. The number of nitrogens with one attached hydrogen (secondary N) is 1. The average Bonchev–Trinajstić information content (AvgIpc) is 3.20. The third-order valence-corrected chi connectivity index (χ3v) is 5.08. The largest absolute Gasteiger partial charge is 0.497 e. The van der Waals surface area contributed by atoms with E-state index in [1.54, 1.807) is 13.2 Å². The number of methoxy groups -OCH3 is 1. The number of hydrogen-bond acceptors (Lipinski definition) is 4. The maximum absolute atomic E-state index is 12.2. The van der Waals surface area contributed by atoms with Crippen LogP contribution in [0, 0.1) is 0 Å². The highest BCUT2D eigenvalue weighted by Gasteiger charge is 2.07. The molecule has 4 nitrogen and oxygen atoms in total. The van der Waals surface area contributed by atoms with Crippen LogP contribution in [0.5, 0.6) is 5.75 Å². The van der Waals surface area contributed by atoms with Gasteiger partial charge in [-0.15, -0.1) is 11.3 Å². The summed E-state index contributed by atoms with van der Waals surface area (Å²) in [6, 6.07) is 22.0. The Morgan fingerprint density at radius 1 is 1.04 bits per heavy atom. The first kappa shape index (κ1) is 17.9. The lowest BCUT2D eigenvalue weighted by molar-refractivity contribution is -0.111. The number of fused-ring (bicyclic) bond motifs is 1. The maximum atomic E-state index is 12.2. The topological polar surface area (TPSA) is 51.2 Å². The number of hydrogen-bond donors (Lipinski definition) is 1. The summed E-state index contributed by atoms with van der Waals surface area (Å²) in [5, 5.41) is 7.71. The van der Waals surface area contributed by atoms with Gasteiger partial charge in [0.1, 0.15) is 5.75 Å². The van der Waals surface area contributed by atoms with Crippen molar-refractivity contribution in [3.8, 4) is 17.0 Å². The second kappa shape index (κ2) is 8.06. The van der Waals surface area contributed by atoms with E-state index in [4.69, 9.17) is 4.74 Å². The third kappa shape index (κ3) is 4.10. The highest BCUT2D eigenvalue weighted by atomic mass is 32.1. The van der Waals surface area contributed by atoms with E-state index >= 15 is 0 Å². The molecule has 138 valence electrons. The van der Waals surface area contributed by atoms with Crippen LogP contribution >= 0.6 is 11.3 Å². The minimum atomic E-state index is -0.213. The molecular weight excluding hydrogens is 368 g/mol. The van der Waals surface area contributed by atoms with Crippen LogP contribution in [-0.2, 0) is 4.79 Å². The molecule has 4 aromatic rings. The van der Waals surface area contributed by atoms with Crippen molar-refractivity contribution in [1.29, 1.82) is 0 Å². The van der Waals surface area contributed by atoms with Gasteiger partial charge in [0.05, 0.1) is 12.8 Å². The summed E-state index contributed by atoms with van der Waals surface area (Å²) >= 11 is 1.41. The first-order valence-electron chi connectivity index (χ1n) is 8.79. The molecule has 0 atom stereocenters. The second-order valence-corrected chi connectivity index (χ2v) is 7.05. The number of nitrogens with zero attached hydrogens (tertiary/aromatic N) is 1. The fourth-order valence-corrected chi connectivity index (χ4v) is 3.57. The van der Waals surface area contributed by atoms with Crippen LogP contribution in [0.25, 0.3) is 28.1 Å². The first-order valence-corrected chi connectivity index (χ1v) is 9.67. The predicted octanol–water partition coefficient (Wildman–Crippen LogP) is 5.62. The number of thiazole rings is 1. The Hall–Kier alpha value is -3.44. The number of anilines is 1. The fraction of sp³-hybridized carbons (Fsp3) is 0.0435. The molecule has 0 radical (unpaired) electrons. The molecule has 0 saturated heterocycles. The van der Waals surface area contributed by atoms with E-state index in [9.17, 15) is 4.79 Å². The van der Waals surface area contributed by atoms with Gasteiger partial charge < -0.3 is 4.74 Å². The normalized spacial score (nSPS) is 11.0. The first-order chi connectivity index (χ1) is 13.7. The summed E-state index contributed by atoms with van der Waals surface area (Å²) in [7, 11) is 1.62. The van der Waals surface area contributed by atoms with Crippen LogP contribution in [0.4, 0.5) is 5.13 Å². The second-order valence-electron chi connectivity index (χ2n) is 6.20. The minimum Gasteiger partial charge on any atom is -0.497 e. The number of carbonyl (C=O) groups is 1. The van der Waals surface area contributed by atoms with Gasteiger partial charge in [-0.1, -0.05) is 48.5 Å². The van der Waals surface area contributed by atoms with Gasteiger partial charge in [0.25, 0.3) is 0 Å². The molecule has 0 aliphatic carbocycles. The van der Waals surface area contributed by atoms with Crippen molar-refractivity contribution in [2.75, 3.05) is 12.4 Å². The SMILES string of the molecule is COc1ccc(C=CC(=O)Nc2nc(-c3ccc4ccccc4c3)cs2)cc1. The fourth-order valence-electron chi connectivity index (χ4n) is 2.85. The van der Waals surface area contributed by atoms with Crippen molar-refractivity contribution in [1.82, 2.24) is 4.98 Å². The van der Waals surface area contributed by atoms with Gasteiger partial charge in [-0.05, 0) is 40.6 Å². The van der Waals surface area contributed by atoms with Crippen LogP contribution in [0.2, 0.25) is 0 Å². The van der Waals surface area contributed by atoms with Crippen LogP contribution in [-0.4, -0.2) is 18.0 Å². The Morgan fingerprint density at radius 2 is 1.82 bits per heavy atom. The molecule has 0 fully saturated rings. The predicted molar refractivity (Wildman–Crippen MR) is 116 cm³/mol. The summed E-state index contributed by atoms with van der Waals surface area (Å²) in [6.45, 7) is 0. The minimum absolute atomic E-state index is 0.213. The molecule has 1 heterocycles. The van der Waals surface area contributed by atoms with E-state index < -0.39 is 0 Å². The zero-order chi connectivity index (χ0) is 19.3. The maximum Gasteiger partial charge on any atom is 0.250 e. The number of ether oxygens (including phenoxy) is 1. The van der Waals surface area contributed by atoms with Crippen molar-refractivity contribution in [3.05, 3.63) is 83.7 Å². The van der Waals surface area contributed by atoms with Gasteiger partial charge in [-0.2, -0.15) is 0 Å². The third-order valence-electron chi connectivity index (χ3n) is 4.32. The Balaban J connectivity index is 1.44. The van der Waals surface area contributed by atoms with Crippen LogP contribution in [0.1, 0.15) is 5.56 Å². The van der Waals surface area contributed by atoms with Crippen LogP contribution in [0.15, 0.2) is 78.2 Å². The summed E-state index contributed by atoms with van der Waals surface area (Å²) in [4.78, 5) is 16.7. The average molecular weight is 386 g/mol. The van der Waals surface area contributed by atoms with E-state index in [2.05, 4.69) is 34.6 Å². The smallest absolute Gasteiger partial charge is 0.250 e. The summed E-state index contributed by atoms with van der Waals surface area (Å²) in [5.41, 5.74) is 2.81. The monoisotopic (exact) mass is 386 g/mol. The molecule has 0 aliphatic rings. The molecule has 0 saturated carbocycles. The Kier molecular flexibility index (Phi) is 5.17. The summed E-state index contributed by atoms with van der Waals surface area (Å²) < 4.78 is 5.13. The lowest BCUT2D eigenvalue weighted by atomic mass is 10.1. The van der Waals surface area contributed by atoms with E-state index in [-0.39, 0.29) is 5.91 Å². The lowest BCUT2D eigenvalue weighted by Crippen LogP contribution is -2.07. The molecule has 1 aromatic heterocycles. The standard InChI is InChI=1S/C23H18N2O2S/c1-27-20-11-6-16(7-12-20)8-13-22(26)25-23-24-21(15-28-23)19-10-9-17-4-2-3-5-18(17)14-19/h2-15H,1H3,(H,24,25,26). The number of amides is 1. The van der Waals surface area contributed by atoms with Crippen molar-refractivity contribution < 1.29 is 9.53 Å². The molecule has 1 amide bonds. The molecule has 0 bridgehead atoms. The van der Waals surface area contributed by atoms with Gasteiger partial charge in [0.2, 0.25) is 5.91 Å².